The first kappa shape index (κ1) is 23.3. The van der Waals surface area contributed by atoms with Gasteiger partial charge in [-0.15, -0.1) is 11.3 Å². The molecule has 0 radical (unpaired) electrons. The number of thiophene rings is 1. The molecule has 2 aromatic rings. The molecule has 1 aromatic carbocycles. The van der Waals surface area contributed by atoms with Crippen LogP contribution in [0, 0.1) is 0 Å². The Bertz CT molecular complexity index is 852. The molecular formula is C24H33N3O3S. The molecule has 2 atom stereocenters. The Hall–Kier alpha value is -2.38. The first-order chi connectivity index (χ1) is 15.1. The van der Waals surface area contributed by atoms with Crippen LogP contribution in [-0.4, -0.2) is 60.9 Å². The Morgan fingerprint density at radius 1 is 1.26 bits per heavy atom. The van der Waals surface area contributed by atoms with Crippen molar-refractivity contribution in [1.82, 2.24) is 15.1 Å². The summed E-state index contributed by atoms with van der Waals surface area (Å²) in [7, 11) is 1.66. The minimum atomic E-state index is -0.380. The standard InChI is InChI=1S/C24H33N3O3S/c1-4-26(5-2)22(18-9-6-10-19(15-18)30-3)17-25-24(29)21-12-7-13-27(21)23(28)16-20-11-8-14-31-20/h6,8-11,14-15,21-22H,4-5,7,12-13,16-17H2,1-3H3,(H,25,29). The van der Waals surface area contributed by atoms with E-state index >= 15 is 0 Å². The molecule has 1 aliphatic rings. The summed E-state index contributed by atoms with van der Waals surface area (Å²) in [6.45, 7) is 7.15. The van der Waals surface area contributed by atoms with Gasteiger partial charge in [-0.1, -0.05) is 32.0 Å². The first-order valence-electron chi connectivity index (χ1n) is 11.0. The molecule has 1 N–H and O–H groups in total. The van der Waals surface area contributed by atoms with Gasteiger partial charge in [0.2, 0.25) is 11.8 Å². The van der Waals surface area contributed by atoms with Crippen LogP contribution in [0.3, 0.4) is 0 Å². The Morgan fingerprint density at radius 3 is 2.74 bits per heavy atom. The van der Waals surface area contributed by atoms with E-state index in [9.17, 15) is 9.59 Å². The van der Waals surface area contributed by atoms with Gasteiger partial charge in [0.15, 0.2) is 0 Å². The maximum atomic E-state index is 13.1. The number of methoxy groups -OCH3 is 1. The molecule has 1 aliphatic heterocycles. The molecule has 0 saturated carbocycles. The normalized spacial score (nSPS) is 17.0. The number of hydrogen-bond acceptors (Lipinski definition) is 5. The molecule has 0 aliphatic carbocycles. The monoisotopic (exact) mass is 443 g/mol. The minimum absolute atomic E-state index is 0.0354. The van der Waals surface area contributed by atoms with E-state index in [2.05, 4.69) is 30.1 Å². The highest BCUT2D eigenvalue weighted by molar-refractivity contribution is 7.10. The molecule has 3 rings (SSSR count). The van der Waals surface area contributed by atoms with E-state index < -0.39 is 0 Å². The lowest BCUT2D eigenvalue weighted by molar-refractivity contribution is -0.138. The second-order valence-electron chi connectivity index (χ2n) is 7.76. The molecule has 0 bridgehead atoms. The van der Waals surface area contributed by atoms with Gasteiger partial charge in [0.25, 0.3) is 0 Å². The van der Waals surface area contributed by atoms with E-state index in [0.717, 1.165) is 42.1 Å². The van der Waals surface area contributed by atoms with E-state index in [1.807, 2.05) is 35.7 Å². The molecule has 31 heavy (non-hydrogen) atoms. The van der Waals surface area contributed by atoms with Gasteiger partial charge in [-0.25, -0.2) is 0 Å². The minimum Gasteiger partial charge on any atom is -0.497 e. The van der Waals surface area contributed by atoms with Crippen molar-refractivity contribution < 1.29 is 14.3 Å². The van der Waals surface area contributed by atoms with Crippen molar-refractivity contribution >= 4 is 23.2 Å². The predicted octanol–water partition coefficient (Wildman–Crippen LogP) is 3.49. The highest BCUT2D eigenvalue weighted by Crippen LogP contribution is 2.25. The topological polar surface area (TPSA) is 61.9 Å². The average Bonchev–Trinajstić information content (AvgIpc) is 3.48. The fourth-order valence-electron chi connectivity index (χ4n) is 4.29. The SMILES string of the molecule is CCN(CC)C(CNC(=O)C1CCCN1C(=O)Cc1cccs1)c1cccc(OC)c1. The fraction of sp³-hybridized carbons (Fsp3) is 0.500. The molecule has 1 fully saturated rings. The number of carbonyl (C=O) groups is 2. The summed E-state index contributed by atoms with van der Waals surface area (Å²) in [4.78, 5) is 31.0. The van der Waals surface area contributed by atoms with Crippen molar-refractivity contribution in [1.29, 1.82) is 0 Å². The van der Waals surface area contributed by atoms with Crippen LogP contribution in [0.2, 0.25) is 0 Å². The fourth-order valence-corrected chi connectivity index (χ4v) is 4.98. The van der Waals surface area contributed by atoms with Gasteiger partial charge in [0.05, 0.1) is 19.6 Å². The molecule has 1 saturated heterocycles. The van der Waals surface area contributed by atoms with Crippen molar-refractivity contribution in [2.75, 3.05) is 33.3 Å². The quantitative estimate of drug-likeness (QED) is 0.611. The van der Waals surface area contributed by atoms with E-state index in [0.29, 0.717) is 19.5 Å². The summed E-state index contributed by atoms with van der Waals surface area (Å²) in [6.07, 6.45) is 1.95. The number of ether oxygens (including phenoxy) is 1. The molecule has 1 aromatic heterocycles. The zero-order valence-corrected chi connectivity index (χ0v) is 19.5. The lowest BCUT2D eigenvalue weighted by Crippen LogP contribution is -2.48. The maximum absolute atomic E-state index is 13.1. The summed E-state index contributed by atoms with van der Waals surface area (Å²) in [5.41, 5.74) is 1.11. The van der Waals surface area contributed by atoms with Gasteiger partial charge in [-0.2, -0.15) is 0 Å². The lowest BCUT2D eigenvalue weighted by Gasteiger charge is -2.31. The zero-order valence-electron chi connectivity index (χ0n) is 18.7. The van der Waals surface area contributed by atoms with E-state index in [4.69, 9.17) is 4.74 Å². The van der Waals surface area contributed by atoms with Crippen LogP contribution in [0.1, 0.15) is 43.2 Å². The summed E-state index contributed by atoms with van der Waals surface area (Å²) in [6, 6.07) is 11.6. The number of benzene rings is 1. The highest BCUT2D eigenvalue weighted by atomic mass is 32.1. The molecule has 7 heteroatoms. The van der Waals surface area contributed by atoms with Crippen LogP contribution in [-0.2, 0) is 16.0 Å². The third kappa shape index (κ3) is 5.86. The van der Waals surface area contributed by atoms with Crippen molar-refractivity contribution in [3.05, 3.63) is 52.2 Å². The van der Waals surface area contributed by atoms with Crippen LogP contribution in [0.25, 0.3) is 0 Å². The van der Waals surface area contributed by atoms with Crippen LogP contribution in [0.4, 0.5) is 0 Å². The average molecular weight is 444 g/mol. The number of carbonyl (C=O) groups excluding carboxylic acids is 2. The van der Waals surface area contributed by atoms with Gasteiger partial charge < -0.3 is 15.0 Å². The van der Waals surface area contributed by atoms with Crippen molar-refractivity contribution in [2.24, 2.45) is 0 Å². The lowest BCUT2D eigenvalue weighted by atomic mass is 10.0. The summed E-state index contributed by atoms with van der Waals surface area (Å²) < 4.78 is 5.39. The number of likely N-dealkylation sites (tertiary alicyclic amines) is 1. The Kier molecular flexibility index (Phi) is 8.49. The van der Waals surface area contributed by atoms with Gasteiger partial charge >= 0.3 is 0 Å². The summed E-state index contributed by atoms with van der Waals surface area (Å²) >= 11 is 1.58. The summed E-state index contributed by atoms with van der Waals surface area (Å²) in [5, 5.41) is 5.12. The molecule has 6 nitrogen and oxygen atoms in total. The van der Waals surface area contributed by atoms with Crippen molar-refractivity contribution in [2.45, 2.75) is 45.2 Å². The van der Waals surface area contributed by atoms with Crippen LogP contribution < -0.4 is 10.1 Å². The number of rotatable bonds is 10. The number of nitrogens with zero attached hydrogens (tertiary/aromatic N) is 2. The molecule has 0 spiro atoms. The van der Waals surface area contributed by atoms with E-state index in [1.165, 1.54) is 0 Å². The maximum Gasteiger partial charge on any atom is 0.242 e. The van der Waals surface area contributed by atoms with Crippen LogP contribution in [0.5, 0.6) is 5.75 Å². The van der Waals surface area contributed by atoms with E-state index in [1.54, 1.807) is 23.3 Å². The smallest absolute Gasteiger partial charge is 0.242 e. The number of likely N-dealkylation sites (N-methyl/N-ethyl adjacent to an activating group) is 1. The van der Waals surface area contributed by atoms with Gasteiger partial charge in [0, 0.05) is 18.0 Å². The second kappa shape index (κ2) is 11.3. The molecular weight excluding hydrogens is 410 g/mol. The van der Waals surface area contributed by atoms with Crippen molar-refractivity contribution in [3.63, 3.8) is 0 Å². The summed E-state index contributed by atoms with van der Waals surface area (Å²) in [5.74, 6) is 0.785. The Labute approximate surface area is 189 Å². The van der Waals surface area contributed by atoms with Gasteiger partial charge in [0.1, 0.15) is 11.8 Å². The predicted molar refractivity (Wildman–Crippen MR) is 124 cm³/mol. The number of hydrogen-bond donors (Lipinski definition) is 1. The second-order valence-corrected chi connectivity index (χ2v) is 8.79. The highest BCUT2D eigenvalue weighted by Gasteiger charge is 2.34. The number of nitrogens with one attached hydrogen (secondary N) is 1. The van der Waals surface area contributed by atoms with Gasteiger partial charge in [-0.05, 0) is 55.1 Å². The molecule has 2 amide bonds. The zero-order chi connectivity index (χ0) is 22.2. The van der Waals surface area contributed by atoms with Crippen molar-refractivity contribution in [3.8, 4) is 5.75 Å². The number of amides is 2. The Morgan fingerprint density at radius 2 is 2.06 bits per heavy atom. The Balaban J connectivity index is 1.67. The third-order valence-electron chi connectivity index (χ3n) is 5.98. The van der Waals surface area contributed by atoms with Gasteiger partial charge in [-0.3, -0.25) is 14.5 Å². The molecule has 2 unspecified atom stereocenters. The molecule has 2 heterocycles. The van der Waals surface area contributed by atoms with E-state index in [-0.39, 0.29) is 23.9 Å². The largest absolute Gasteiger partial charge is 0.497 e. The first-order valence-corrected chi connectivity index (χ1v) is 11.9. The molecule has 168 valence electrons. The van der Waals surface area contributed by atoms with Crippen LogP contribution >= 0.6 is 11.3 Å². The van der Waals surface area contributed by atoms with Crippen LogP contribution in [0.15, 0.2) is 41.8 Å². The third-order valence-corrected chi connectivity index (χ3v) is 6.86.